The largest absolute Gasteiger partial charge is 0.444 e. The fourth-order valence-electron chi connectivity index (χ4n) is 2.92. The first-order valence-electron chi connectivity index (χ1n) is 9.48. The van der Waals surface area contributed by atoms with E-state index in [1.54, 1.807) is 40.0 Å². The van der Waals surface area contributed by atoms with Crippen LogP contribution < -0.4 is 5.32 Å². The second-order valence-corrected chi connectivity index (χ2v) is 7.88. The van der Waals surface area contributed by atoms with E-state index in [2.05, 4.69) is 22.4 Å². The monoisotopic (exact) mass is 384 g/mol. The number of ketones is 1. The lowest BCUT2D eigenvalue weighted by Crippen LogP contribution is -2.28. The van der Waals surface area contributed by atoms with Gasteiger partial charge in [-0.3, -0.25) is 15.1 Å². The van der Waals surface area contributed by atoms with Gasteiger partial charge in [-0.2, -0.15) is 0 Å². The second kappa shape index (κ2) is 8.10. The molecule has 0 atom stereocenters. The van der Waals surface area contributed by atoms with Gasteiger partial charge in [0.25, 0.3) is 0 Å². The van der Waals surface area contributed by atoms with Crippen LogP contribution in [-0.4, -0.2) is 35.7 Å². The van der Waals surface area contributed by atoms with E-state index in [1.807, 2.05) is 12.1 Å². The third-order valence-electron chi connectivity index (χ3n) is 4.44. The molecule has 0 radical (unpaired) electrons. The molecular formula is C22H28N2O4. The van der Waals surface area contributed by atoms with Gasteiger partial charge in [0, 0.05) is 25.5 Å². The topological polar surface area (TPSA) is 77.5 Å². The van der Waals surface area contributed by atoms with Crippen molar-refractivity contribution in [1.29, 1.82) is 0 Å². The summed E-state index contributed by atoms with van der Waals surface area (Å²) < 4.78 is 10.6. The Bertz CT molecular complexity index is 889. The highest BCUT2D eigenvalue weighted by molar-refractivity contribution is 6.02. The van der Waals surface area contributed by atoms with Gasteiger partial charge < -0.3 is 9.47 Å². The van der Waals surface area contributed by atoms with Crippen LogP contribution in [0.1, 0.15) is 57.5 Å². The average molecular weight is 384 g/mol. The number of carbonyl (C=O) groups is 2. The van der Waals surface area contributed by atoms with Crippen LogP contribution in [0.4, 0.5) is 10.5 Å². The Morgan fingerprint density at radius 2 is 2.00 bits per heavy atom. The number of Topliss-reactive ketones (excluding diaryl/α,β-unsaturated/α-hetero) is 1. The molecule has 1 saturated heterocycles. The molecule has 0 unspecified atom stereocenters. The zero-order valence-electron chi connectivity index (χ0n) is 16.7. The van der Waals surface area contributed by atoms with Crippen molar-refractivity contribution < 1.29 is 20.5 Å². The highest BCUT2D eigenvalue weighted by Gasteiger charge is 2.22. The average Bonchev–Trinajstić information content (AvgIpc) is 2.58. The maximum Gasteiger partial charge on any atom is 0.412 e. The summed E-state index contributed by atoms with van der Waals surface area (Å²) in [4.78, 5) is 28.9. The summed E-state index contributed by atoms with van der Waals surface area (Å²) in [6.45, 7) is 8.59. The van der Waals surface area contributed by atoms with Gasteiger partial charge in [-0.25, -0.2) is 4.79 Å². The van der Waals surface area contributed by atoms with E-state index in [4.69, 9.17) is 9.47 Å². The lowest BCUT2D eigenvalue weighted by Gasteiger charge is -2.26. The summed E-state index contributed by atoms with van der Waals surface area (Å²) in [5.41, 5.74) is 2.96. The molecule has 28 heavy (non-hydrogen) atoms. The summed E-state index contributed by atoms with van der Waals surface area (Å²) in [6.07, 6.45) is 1.35. The number of nitrogens with one attached hydrogen (secondary N) is 1. The van der Waals surface area contributed by atoms with E-state index >= 15 is 0 Å². The van der Waals surface area contributed by atoms with E-state index in [0.29, 0.717) is 18.0 Å². The van der Waals surface area contributed by atoms with Crippen LogP contribution in [0.15, 0.2) is 36.5 Å². The van der Waals surface area contributed by atoms with Gasteiger partial charge >= 0.3 is 6.09 Å². The Balaban J connectivity index is 0.00000300. The normalized spacial score (nSPS) is 14.3. The lowest BCUT2D eigenvalue weighted by atomic mass is 9.94. The first-order valence-corrected chi connectivity index (χ1v) is 9.48. The van der Waals surface area contributed by atoms with Crippen molar-refractivity contribution in [3.63, 3.8) is 0 Å². The highest BCUT2D eigenvalue weighted by atomic mass is 16.6. The molecule has 6 heteroatoms. The van der Waals surface area contributed by atoms with Crippen LogP contribution in [0.5, 0.6) is 0 Å². The smallest absolute Gasteiger partial charge is 0.412 e. The molecule has 6 nitrogen and oxygen atoms in total. The molecule has 1 N–H and O–H groups in total. The molecule has 0 aliphatic carbocycles. The Kier molecular flexibility index (Phi) is 5.79. The number of nitrogens with zero attached hydrogens (tertiary/aromatic N) is 1. The van der Waals surface area contributed by atoms with Gasteiger partial charge in [0.1, 0.15) is 11.3 Å². The Hall–Kier alpha value is -2.73. The van der Waals surface area contributed by atoms with E-state index in [-0.39, 0.29) is 12.9 Å². The zero-order valence-corrected chi connectivity index (χ0v) is 16.7. The van der Waals surface area contributed by atoms with E-state index < -0.39 is 11.7 Å². The fraction of sp³-hybridized carbons (Fsp3) is 0.409. The molecule has 2 heterocycles. The number of pyridine rings is 1. The molecule has 1 aliphatic rings. The third-order valence-corrected chi connectivity index (χ3v) is 4.44. The Morgan fingerprint density at radius 3 is 2.61 bits per heavy atom. The lowest BCUT2D eigenvalue weighted by molar-refractivity contribution is 0.00844. The predicted molar refractivity (Wildman–Crippen MR) is 110 cm³/mol. The maximum absolute atomic E-state index is 12.3. The van der Waals surface area contributed by atoms with Crippen molar-refractivity contribution in [2.45, 2.75) is 45.6 Å². The van der Waals surface area contributed by atoms with Crippen LogP contribution >= 0.6 is 0 Å². The van der Waals surface area contributed by atoms with E-state index in [0.717, 1.165) is 24.3 Å². The number of hydrogen-bond donors (Lipinski definition) is 1. The Morgan fingerprint density at radius 1 is 1.25 bits per heavy atom. The van der Waals surface area contributed by atoms with Crippen molar-refractivity contribution in [1.82, 2.24) is 4.98 Å². The highest BCUT2D eigenvalue weighted by Crippen LogP contribution is 2.30. The second-order valence-electron chi connectivity index (χ2n) is 7.88. The molecule has 150 valence electrons. The summed E-state index contributed by atoms with van der Waals surface area (Å²) in [7, 11) is 0. The standard InChI is InChI=1S/C22H26N2O4.H2/c1-5-19(25)20-18(24-21(26)28-22(2,3)4)10-16(11-23-20)14-7-6-8-15(9-14)17-12-27-13-17;/h6-11,17H,5,12-13H2,1-4H3,(H,24,26);1H. The van der Waals surface area contributed by atoms with Gasteiger partial charge in [-0.15, -0.1) is 0 Å². The Labute approximate surface area is 166 Å². The van der Waals surface area contributed by atoms with Crippen LogP contribution in [0.25, 0.3) is 11.1 Å². The molecule has 1 aliphatic heterocycles. The minimum Gasteiger partial charge on any atom is -0.444 e. The van der Waals surface area contributed by atoms with E-state index in [1.165, 1.54) is 5.56 Å². The molecule has 3 rings (SSSR count). The number of ether oxygens (including phenoxy) is 2. The number of anilines is 1. The molecule has 2 aromatic rings. The first-order chi connectivity index (χ1) is 13.3. The zero-order chi connectivity index (χ0) is 20.3. The van der Waals surface area contributed by atoms with Crippen LogP contribution in [0.2, 0.25) is 0 Å². The number of aromatic nitrogens is 1. The van der Waals surface area contributed by atoms with Crippen LogP contribution in [0.3, 0.4) is 0 Å². The number of benzene rings is 1. The minimum absolute atomic E-state index is 0. The van der Waals surface area contributed by atoms with Crippen molar-refractivity contribution in [3.8, 4) is 11.1 Å². The quantitative estimate of drug-likeness (QED) is 0.730. The number of rotatable bonds is 5. The molecule has 1 fully saturated rings. The van der Waals surface area contributed by atoms with Gasteiger partial charge in [-0.1, -0.05) is 31.2 Å². The molecule has 1 aromatic carbocycles. The van der Waals surface area contributed by atoms with Crippen LogP contribution in [-0.2, 0) is 9.47 Å². The molecular weight excluding hydrogens is 356 g/mol. The van der Waals surface area contributed by atoms with Crippen molar-refractivity contribution in [3.05, 3.63) is 47.8 Å². The number of carbonyl (C=O) groups excluding carboxylic acids is 2. The molecule has 0 bridgehead atoms. The van der Waals surface area contributed by atoms with Crippen LogP contribution in [0, 0.1) is 0 Å². The van der Waals surface area contributed by atoms with Crippen molar-refractivity contribution in [2.24, 2.45) is 0 Å². The van der Waals surface area contributed by atoms with Gasteiger partial charge in [0.05, 0.1) is 18.9 Å². The minimum atomic E-state index is -0.636. The van der Waals surface area contributed by atoms with E-state index in [9.17, 15) is 9.59 Å². The fourth-order valence-corrected chi connectivity index (χ4v) is 2.92. The number of hydrogen-bond acceptors (Lipinski definition) is 5. The maximum atomic E-state index is 12.3. The molecule has 0 saturated carbocycles. The molecule has 0 spiro atoms. The van der Waals surface area contributed by atoms with Crippen molar-refractivity contribution >= 4 is 17.6 Å². The molecule has 1 amide bonds. The summed E-state index contributed by atoms with van der Waals surface area (Å²) >= 11 is 0. The first kappa shape index (κ1) is 20.0. The van der Waals surface area contributed by atoms with Gasteiger partial charge in [0.15, 0.2) is 5.78 Å². The molecule has 1 aromatic heterocycles. The third kappa shape index (κ3) is 4.75. The predicted octanol–water partition coefficient (Wildman–Crippen LogP) is 5.05. The SMILES string of the molecule is CCC(=O)c1ncc(-c2cccc(C3COC3)c2)cc1NC(=O)OC(C)(C)C.[HH]. The summed E-state index contributed by atoms with van der Waals surface area (Å²) in [6, 6.07) is 9.94. The number of amides is 1. The summed E-state index contributed by atoms with van der Waals surface area (Å²) in [5, 5.41) is 2.69. The van der Waals surface area contributed by atoms with Crippen molar-refractivity contribution in [2.75, 3.05) is 18.5 Å². The summed E-state index contributed by atoms with van der Waals surface area (Å²) in [5.74, 6) is 0.270. The van der Waals surface area contributed by atoms with Gasteiger partial charge in [0.2, 0.25) is 0 Å². The van der Waals surface area contributed by atoms with Gasteiger partial charge in [-0.05, 0) is 38.0 Å².